The SMILES string of the molecule is CSCCCNc1ccc(OCCC(N)=O)cc1. The fourth-order valence-corrected chi connectivity index (χ4v) is 1.82. The van der Waals surface area contributed by atoms with Crippen LogP contribution in [0.5, 0.6) is 5.75 Å². The Morgan fingerprint density at radius 2 is 2.11 bits per heavy atom. The molecule has 1 aromatic carbocycles. The van der Waals surface area contributed by atoms with Gasteiger partial charge in [0.2, 0.25) is 5.91 Å². The van der Waals surface area contributed by atoms with Crippen molar-refractivity contribution in [3.63, 3.8) is 0 Å². The van der Waals surface area contributed by atoms with Gasteiger partial charge in [-0.05, 0) is 42.7 Å². The maximum Gasteiger partial charge on any atom is 0.220 e. The molecule has 18 heavy (non-hydrogen) atoms. The van der Waals surface area contributed by atoms with E-state index in [2.05, 4.69) is 11.6 Å². The van der Waals surface area contributed by atoms with E-state index in [1.54, 1.807) is 0 Å². The van der Waals surface area contributed by atoms with E-state index in [4.69, 9.17) is 10.5 Å². The Kier molecular flexibility index (Phi) is 7.10. The van der Waals surface area contributed by atoms with Crippen molar-refractivity contribution in [2.45, 2.75) is 12.8 Å². The molecule has 0 spiro atoms. The average Bonchev–Trinajstić information content (AvgIpc) is 2.36. The molecule has 5 heteroatoms. The van der Waals surface area contributed by atoms with Gasteiger partial charge >= 0.3 is 0 Å². The standard InChI is InChI=1S/C13H20N2O2S/c1-18-10-2-8-15-11-3-5-12(6-4-11)17-9-7-13(14)16/h3-6,15H,2,7-10H2,1H3,(H2,14,16). The van der Waals surface area contributed by atoms with Gasteiger partial charge < -0.3 is 15.8 Å². The molecular formula is C13H20N2O2S. The van der Waals surface area contributed by atoms with E-state index in [9.17, 15) is 4.79 Å². The average molecular weight is 268 g/mol. The van der Waals surface area contributed by atoms with Gasteiger partial charge in [-0.1, -0.05) is 0 Å². The summed E-state index contributed by atoms with van der Waals surface area (Å²) in [6.07, 6.45) is 3.50. The molecule has 1 aromatic rings. The second-order valence-corrected chi connectivity index (χ2v) is 4.85. The fraction of sp³-hybridized carbons (Fsp3) is 0.462. The molecule has 0 fully saturated rings. The third-order valence-electron chi connectivity index (χ3n) is 2.33. The number of anilines is 1. The summed E-state index contributed by atoms with van der Waals surface area (Å²) >= 11 is 1.85. The first-order valence-corrected chi connectivity index (χ1v) is 7.35. The van der Waals surface area contributed by atoms with Gasteiger partial charge in [0.05, 0.1) is 13.0 Å². The summed E-state index contributed by atoms with van der Waals surface area (Å²) < 4.78 is 5.38. The van der Waals surface area contributed by atoms with Crippen LogP contribution in [0, 0.1) is 0 Å². The molecule has 0 radical (unpaired) electrons. The van der Waals surface area contributed by atoms with Crippen molar-refractivity contribution in [2.75, 3.05) is 30.5 Å². The molecule has 0 bridgehead atoms. The van der Waals surface area contributed by atoms with Gasteiger partial charge in [0.25, 0.3) is 0 Å². The number of benzene rings is 1. The van der Waals surface area contributed by atoms with E-state index in [1.165, 1.54) is 5.75 Å². The van der Waals surface area contributed by atoms with E-state index >= 15 is 0 Å². The number of primary amides is 1. The van der Waals surface area contributed by atoms with Gasteiger partial charge in [0.1, 0.15) is 5.75 Å². The first-order chi connectivity index (χ1) is 8.72. The van der Waals surface area contributed by atoms with Crippen molar-refractivity contribution >= 4 is 23.4 Å². The lowest BCUT2D eigenvalue weighted by Crippen LogP contribution is -2.14. The van der Waals surface area contributed by atoms with Gasteiger partial charge in [-0.3, -0.25) is 4.79 Å². The molecule has 100 valence electrons. The summed E-state index contributed by atoms with van der Waals surface area (Å²) in [4.78, 5) is 10.5. The molecular weight excluding hydrogens is 248 g/mol. The molecule has 4 nitrogen and oxygen atoms in total. The maximum absolute atomic E-state index is 10.5. The lowest BCUT2D eigenvalue weighted by Gasteiger charge is -2.08. The Bertz CT molecular complexity index is 355. The number of carbonyl (C=O) groups is 1. The first-order valence-electron chi connectivity index (χ1n) is 5.96. The molecule has 0 saturated heterocycles. The summed E-state index contributed by atoms with van der Waals surface area (Å²) in [5.41, 5.74) is 6.11. The summed E-state index contributed by atoms with van der Waals surface area (Å²) in [6, 6.07) is 7.72. The van der Waals surface area contributed by atoms with Crippen LogP contribution >= 0.6 is 11.8 Å². The van der Waals surface area contributed by atoms with E-state index in [1.807, 2.05) is 36.0 Å². The molecule has 0 heterocycles. The number of nitrogens with one attached hydrogen (secondary N) is 1. The van der Waals surface area contributed by atoms with E-state index in [0.29, 0.717) is 6.61 Å². The first kappa shape index (κ1) is 14.7. The Hall–Kier alpha value is -1.36. The topological polar surface area (TPSA) is 64.3 Å². The third-order valence-corrected chi connectivity index (χ3v) is 3.02. The van der Waals surface area contributed by atoms with Gasteiger partial charge in [-0.2, -0.15) is 11.8 Å². The minimum Gasteiger partial charge on any atom is -0.493 e. The monoisotopic (exact) mass is 268 g/mol. The highest BCUT2D eigenvalue weighted by atomic mass is 32.2. The Labute approximate surface area is 112 Å². The Morgan fingerprint density at radius 3 is 2.72 bits per heavy atom. The zero-order valence-corrected chi connectivity index (χ0v) is 11.5. The minimum absolute atomic E-state index is 0.245. The fourth-order valence-electron chi connectivity index (χ4n) is 1.39. The molecule has 3 N–H and O–H groups in total. The predicted molar refractivity (Wildman–Crippen MR) is 77.2 cm³/mol. The molecule has 1 amide bonds. The Morgan fingerprint density at radius 1 is 1.39 bits per heavy atom. The van der Waals surface area contributed by atoms with Crippen LogP contribution < -0.4 is 15.8 Å². The largest absolute Gasteiger partial charge is 0.493 e. The van der Waals surface area contributed by atoms with Crippen LogP contribution in [-0.2, 0) is 4.79 Å². The summed E-state index contributed by atoms with van der Waals surface area (Å²) in [5, 5.41) is 3.34. The number of carbonyl (C=O) groups excluding carboxylic acids is 1. The lowest BCUT2D eigenvalue weighted by molar-refractivity contribution is -0.118. The number of thioether (sulfide) groups is 1. The van der Waals surface area contributed by atoms with E-state index in [0.717, 1.165) is 24.4 Å². The highest BCUT2D eigenvalue weighted by Crippen LogP contribution is 2.15. The number of ether oxygens (including phenoxy) is 1. The smallest absolute Gasteiger partial charge is 0.220 e. The quantitative estimate of drug-likeness (QED) is 0.673. The Balaban J connectivity index is 2.26. The van der Waals surface area contributed by atoms with Gasteiger partial charge in [0, 0.05) is 12.2 Å². The summed E-state index contributed by atoms with van der Waals surface area (Å²) in [7, 11) is 0. The van der Waals surface area contributed by atoms with Crippen LogP contribution in [0.25, 0.3) is 0 Å². The zero-order chi connectivity index (χ0) is 13.2. The van der Waals surface area contributed by atoms with Gasteiger partial charge in [-0.25, -0.2) is 0 Å². The zero-order valence-electron chi connectivity index (χ0n) is 10.6. The molecule has 1 rings (SSSR count). The van der Waals surface area contributed by atoms with E-state index in [-0.39, 0.29) is 12.3 Å². The van der Waals surface area contributed by atoms with Crippen molar-refractivity contribution in [1.29, 1.82) is 0 Å². The van der Waals surface area contributed by atoms with Crippen LogP contribution in [-0.4, -0.2) is 31.1 Å². The van der Waals surface area contributed by atoms with Crippen molar-refractivity contribution in [2.24, 2.45) is 5.73 Å². The van der Waals surface area contributed by atoms with E-state index < -0.39 is 0 Å². The van der Waals surface area contributed by atoms with Crippen LogP contribution in [0.1, 0.15) is 12.8 Å². The molecule has 0 atom stereocenters. The molecule has 0 saturated carbocycles. The maximum atomic E-state index is 10.5. The number of hydrogen-bond acceptors (Lipinski definition) is 4. The second-order valence-electron chi connectivity index (χ2n) is 3.86. The number of rotatable bonds is 9. The normalized spacial score (nSPS) is 10.1. The van der Waals surface area contributed by atoms with Gasteiger partial charge in [0.15, 0.2) is 0 Å². The molecule has 0 aliphatic carbocycles. The molecule has 0 aromatic heterocycles. The van der Waals surface area contributed by atoms with Crippen LogP contribution in [0.3, 0.4) is 0 Å². The van der Waals surface area contributed by atoms with Crippen LogP contribution in [0.15, 0.2) is 24.3 Å². The lowest BCUT2D eigenvalue weighted by atomic mass is 10.3. The molecule has 0 aliphatic heterocycles. The second kappa shape index (κ2) is 8.69. The van der Waals surface area contributed by atoms with Crippen molar-refractivity contribution < 1.29 is 9.53 Å². The van der Waals surface area contributed by atoms with Gasteiger partial charge in [-0.15, -0.1) is 0 Å². The third kappa shape index (κ3) is 6.39. The number of hydrogen-bond donors (Lipinski definition) is 2. The van der Waals surface area contributed by atoms with Crippen molar-refractivity contribution in [3.8, 4) is 5.75 Å². The molecule has 0 unspecified atom stereocenters. The highest BCUT2D eigenvalue weighted by molar-refractivity contribution is 7.98. The number of amides is 1. The van der Waals surface area contributed by atoms with Crippen LogP contribution in [0.2, 0.25) is 0 Å². The highest BCUT2D eigenvalue weighted by Gasteiger charge is 1.97. The van der Waals surface area contributed by atoms with Crippen LogP contribution in [0.4, 0.5) is 5.69 Å². The summed E-state index contributed by atoms with van der Waals surface area (Å²) in [5.74, 6) is 1.58. The molecule has 0 aliphatic rings. The summed E-state index contributed by atoms with van der Waals surface area (Å²) in [6.45, 7) is 1.30. The van der Waals surface area contributed by atoms with Crippen molar-refractivity contribution in [3.05, 3.63) is 24.3 Å². The number of nitrogens with two attached hydrogens (primary N) is 1. The van der Waals surface area contributed by atoms with Crippen molar-refractivity contribution in [1.82, 2.24) is 0 Å². The predicted octanol–water partition coefficient (Wildman–Crippen LogP) is 2.11. The minimum atomic E-state index is -0.345.